The van der Waals surface area contributed by atoms with Crippen molar-refractivity contribution in [2.45, 2.75) is 73.5 Å². The van der Waals surface area contributed by atoms with Crippen LogP contribution in [0.3, 0.4) is 0 Å². The lowest BCUT2D eigenvalue weighted by Gasteiger charge is -2.24. The van der Waals surface area contributed by atoms with E-state index in [1.807, 2.05) is 63.2 Å². The minimum atomic E-state index is -2.26. The Morgan fingerprint density at radius 2 is 1.50 bits per heavy atom. The number of nitrogens with zero attached hydrogens (tertiary/aromatic N) is 3. The summed E-state index contributed by atoms with van der Waals surface area (Å²) in [6, 6.07) is 31.9. The van der Waals surface area contributed by atoms with Crippen LogP contribution in [0.4, 0.5) is 0 Å². The summed E-state index contributed by atoms with van der Waals surface area (Å²) in [5.74, 6) is 0.907. The average molecular weight is 741 g/mol. The van der Waals surface area contributed by atoms with Crippen LogP contribution >= 0.6 is 0 Å². The molecule has 0 radical (unpaired) electrons. The number of hydrogen-bond donors (Lipinski definition) is 0. The van der Waals surface area contributed by atoms with E-state index in [0.717, 1.165) is 49.8 Å². The van der Waals surface area contributed by atoms with E-state index in [0.29, 0.717) is 61.2 Å². The lowest BCUT2D eigenvalue weighted by Crippen LogP contribution is -2.10. The van der Waals surface area contributed by atoms with Crippen molar-refractivity contribution in [1.29, 1.82) is 0 Å². The van der Waals surface area contributed by atoms with E-state index in [-0.39, 0.29) is 17.4 Å². The highest BCUT2D eigenvalue weighted by atomic mass is 16.3. The Labute approximate surface area is 332 Å². The zero-order valence-corrected chi connectivity index (χ0v) is 32.5. The zero-order valence-electron chi connectivity index (χ0n) is 37.5. The van der Waals surface area contributed by atoms with Gasteiger partial charge in [-0.15, -0.1) is 0 Å². The van der Waals surface area contributed by atoms with E-state index in [9.17, 15) is 2.74 Å². The second-order valence-electron chi connectivity index (χ2n) is 16.6. The SMILES string of the molecule is [2H]C([2H])([2H])c1ccc2c(c1)oc1cc3c(nc12)oc1c(-c2nc4cc5occ(C([2H])([2H])C(C)(C)C)c5cc4n2-c2c(C(C)C)cc(-c4ccccc4)cc2C(C)C)cccc13. The van der Waals surface area contributed by atoms with Gasteiger partial charge in [0.05, 0.1) is 33.9 Å². The van der Waals surface area contributed by atoms with E-state index < -0.39 is 18.6 Å². The lowest BCUT2D eigenvalue weighted by atomic mass is 9.87. The van der Waals surface area contributed by atoms with Crippen LogP contribution in [0, 0.1) is 12.3 Å². The Bertz CT molecular complexity index is 3350. The normalized spacial score (nSPS) is 14.5. The van der Waals surface area contributed by atoms with Gasteiger partial charge in [0.1, 0.15) is 28.1 Å². The van der Waals surface area contributed by atoms with Crippen LogP contribution < -0.4 is 0 Å². The smallest absolute Gasteiger partial charge is 0.228 e. The van der Waals surface area contributed by atoms with Crippen molar-refractivity contribution < 1.29 is 20.1 Å². The number of para-hydroxylation sites is 1. The fraction of sp³-hybridized carbons (Fsp3) is 0.240. The molecule has 278 valence electrons. The molecule has 56 heavy (non-hydrogen) atoms. The average Bonchev–Trinajstić information content (AvgIpc) is 3.99. The summed E-state index contributed by atoms with van der Waals surface area (Å²) in [5.41, 5.74) is 11.0. The van der Waals surface area contributed by atoms with Gasteiger partial charge in [-0.3, -0.25) is 4.57 Å². The molecule has 0 amide bonds. The molecule has 0 N–H and O–H groups in total. The maximum absolute atomic E-state index is 9.27. The van der Waals surface area contributed by atoms with Crippen molar-refractivity contribution >= 4 is 66.1 Å². The predicted octanol–water partition coefficient (Wildman–Crippen LogP) is 14.4. The van der Waals surface area contributed by atoms with E-state index in [1.54, 1.807) is 24.5 Å². The van der Waals surface area contributed by atoms with E-state index in [4.69, 9.17) is 27.3 Å². The number of rotatable bonds is 6. The number of furan rings is 3. The van der Waals surface area contributed by atoms with Crippen molar-refractivity contribution in [2.75, 3.05) is 0 Å². The first kappa shape index (κ1) is 29.2. The molecule has 6 heteroatoms. The fourth-order valence-electron chi connectivity index (χ4n) is 8.19. The highest BCUT2D eigenvalue weighted by Gasteiger charge is 2.27. The minimum absolute atomic E-state index is 0.122. The van der Waals surface area contributed by atoms with Gasteiger partial charge >= 0.3 is 0 Å². The summed E-state index contributed by atoms with van der Waals surface area (Å²) in [7, 11) is 0. The molecule has 10 rings (SSSR count). The molecule has 0 bridgehead atoms. The predicted molar refractivity (Wildman–Crippen MR) is 230 cm³/mol. The second-order valence-corrected chi connectivity index (χ2v) is 16.6. The van der Waals surface area contributed by atoms with Crippen LogP contribution in [-0.2, 0) is 6.37 Å². The van der Waals surface area contributed by atoms with Crippen molar-refractivity contribution in [2.24, 2.45) is 5.41 Å². The third-order valence-electron chi connectivity index (χ3n) is 10.8. The quantitative estimate of drug-likeness (QED) is 0.170. The molecule has 0 aliphatic carbocycles. The zero-order chi connectivity index (χ0) is 42.9. The number of imidazole rings is 1. The molecule has 0 saturated heterocycles. The molecule has 0 spiro atoms. The van der Waals surface area contributed by atoms with E-state index >= 15 is 0 Å². The standard InChI is InChI=1S/C50H45N3O3/c1-27(2)36-20-31(30-13-10-9-11-14-30)21-37(28(3)4)46(36)53-41-22-38-32(25-50(6,7)8)26-54-42(38)24-40(41)51-48(53)35-16-12-15-33-39-23-44-45(52-49(39)56-47(33)35)34-18-17-29(5)19-43(34)55-44/h9-24,26-28H,25H2,1-8H3/i5D3,25D2. The van der Waals surface area contributed by atoms with Crippen molar-refractivity contribution in [1.82, 2.24) is 14.5 Å². The molecule has 0 saturated carbocycles. The highest BCUT2D eigenvalue weighted by Crippen LogP contribution is 2.44. The second kappa shape index (κ2) is 12.4. The number of fused-ring (bicyclic) bond motifs is 8. The van der Waals surface area contributed by atoms with Crippen LogP contribution in [0.2, 0.25) is 0 Å². The summed E-state index contributed by atoms with van der Waals surface area (Å²) >= 11 is 0. The number of aromatic nitrogens is 3. The molecule has 5 aromatic carbocycles. The molecular weight excluding hydrogens is 691 g/mol. The van der Waals surface area contributed by atoms with Gasteiger partial charge in [0.25, 0.3) is 0 Å². The summed E-state index contributed by atoms with van der Waals surface area (Å²) in [5, 5.41) is 2.98. The summed E-state index contributed by atoms with van der Waals surface area (Å²) in [4.78, 5) is 10.4. The van der Waals surface area contributed by atoms with Gasteiger partial charge in [0.15, 0.2) is 5.58 Å². The Morgan fingerprint density at radius 1 is 0.714 bits per heavy atom. The highest BCUT2D eigenvalue weighted by molar-refractivity contribution is 6.14. The molecule has 0 unspecified atom stereocenters. The number of hydrogen-bond acceptors (Lipinski definition) is 5. The van der Waals surface area contributed by atoms with Gasteiger partial charge in [0.2, 0.25) is 5.71 Å². The molecule has 0 fully saturated rings. The fourth-order valence-corrected chi connectivity index (χ4v) is 8.19. The van der Waals surface area contributed by atoms with E-state index in [1.165, 1.54) is 0 Å². The molecule has 5 aromatic heterocycles. The van der Waals surface area contributed by atoms with Crippen LogP contribution in [0.1, 0.15) is 89.4 Å². The van der Waals surface area contributed by atoms with Crippen LogP contribution in [0.25, 0.3) is 94.3 Å². The first-order valence-corrected chi connectivity index (χ1v) is 19.3. The summed E-state index contributed by atoms with van der Waals surface area (Å²) in [6.07, 6.45) is -0.139. The Hall–Kier alpha value is -6.14. The maximum Gasteiger partial charge on any atom is 0.228 e. The summed E-state index contributed by atoms with van der Waals surface area (Å²) in [6.45, 7) is 12.3. The van der Waals surface area contributed by atoms with Gasteiger partial charge in [0, 0.05) is 29.1 Å². The molecule has 5 heterocycles. The molecular formula is C50H45N3O3. The van der Waals surface area contributed by atoms with Gasteiger partial charge in [-0.05, 0) is 106 Å². The molecule has 6 nitrogen and oxygen atoms in total. The Kier molecular flexibility index (Phi) is 6.48. The van der Waals surface area contributed by atoms with Gasteiger partial charge in [-0.2, -0.15) is 0 Å². The number of benzene rings is 5. The van der Waals surface area contributed by atoms with Crippen LogP contribution in [0.15, 0.2) is 117 Å². The molecule has 10 aromatic rings. The Balaban J connectivity index is 1.28. The molecule has 0 aliphatic heterocycles. The lowest BCUT2D eigenvalue weighted by molar-refractivity contribution is 0.410. The third kappa shape index (κ3) is 5.45. The van der Waals surface area contributed by atoms with Gasteiger partial charge in [-0.25, -0.2) is 9.97 Å². The number of pyridine rings is 1. The first-order chi connectivity index (χ1) is 28.9. The topological polar surface area (TPSA) is 70.1 Å². The van der Waals surface area contributed by atoms with Crippen molar-refractivity contribution in [3.63, 3.8) is 0 Å². The number of aryl methyl sites for hydroxylation is 1. The summed E-state index contributed by atoms with van der Waals surface area (Å²) < 4.78 is 63.6. The molecule has 0 aliphatic rings. The van der Waals surface area contributed by atoms with Crippen molar-refractivity contribution in [3.05, 3.63) is 126 Å². The van der Waals surface area contributed by atoms with E-state index in [2.05, 4.69) is 68.7 Å². The van der Waals surface area contributed by atoms with Crippen LogP contribution in [-0.4, -0.2) is 14.5 Å². The molecule has 0 atom stereocenters. The minimum Gasteiger partial charge on any atom is -0.464 e. The van der Waals surface area contributed by atoms with Crippen LogP contribution in [0.5, 0.6) is 0 Å². The maximum atomic E-state index is 9.27. The largest absolute Gasteiger partial charge is 0.464 e. The van der Waals surface area contributed by atoms with Gasteiger partial charge < -0.3 is 13.3 Å². The first-order valence-electron chi connectivity index (χ1n) is 21.8. The van der Waals surface area contributed by atoms with Gasteiger partial charge in [-0.1, -0.05) is 97.0 Å². The Morgan fingerprint density at radius 3 is 2.23 bits per heavy atom. The van der Waals surface area contributed by atoms with Crippen molar-refractivity contribution in [3.8, 4) is 28.2 Å². The third-order valence-corrected chi connectivity index (χ3v) is 10.8. The monoisotopic (exact) mass is 740 g/mol.